The number of benzene rings is 1. The second-order valence-corrected chi connectivity index (χ2v) is 5.17. The summed E-state index contributed by atoms with van der Waals surface area (Å²) in [6.45, 7) is 0. The van der Waals surface area contributed by atoms with Gasteiger partial charge in [-0.15, -0.1) is 0 Å². The lowest BCUT2D eigenvalue weighted by Gasteiger charge is -2.36. The molecular weight excluding hydrogens is 256 g/mol. The topological polar surface area (TPSA) is 55.1 Å². The highest BCUT2D eigenvalue weighted by atomic mass is 79.9. The van der Waals surface area contributed by atoms with Crippen molar-refractivity contribution in [1.82, 2.24) is 0 Å². The Bertz CT molecular complexity index is 466. The zero-order valence-corrected chi connectivity index (χ0v) is 9.73. The molecule has 1 spiro atoms. The third-order valence-electron chi connectivity index (χ3n) is 3.51. The van der Waals surface area contributed by atoms with Crippen LogP contribution in [0.5, 0.6) is 0 Å². The predicted molar refractivity (Wildman–Crippen MR) is 62.7 cm³/mol. The normalized spacial score (nSPS) is 21.0. The minimum absolute atomic E-state index is 0.134. The highest BCUT2D eigenvalue weighted by Gasteiger charge is 2.51. The molecule has 1 aromatic carbocycles. The van der Waals surface area contributed by atoms with E-state index in [0.717, 1.165) is 35.0 Å². The largest absolute Gasteiger partial charge is 0.399 e. The monoisotopic (exact) mass is 266 g/mol. The molecule has 0 saturated heterocycles. The molecule has 1 saturated carbocycles. The van der Waals surface area contributed by atoms with Crippen LogP contribution in [0.2, 0.25) is 0 Å². The zero-order chi connectivity index (χ0) is 10.6. The van der Waals surface area contributed by atoms with Crippen LogP contribution in [-0.2, 0) is 10.2 Å². The predicted octanol–water partition coefficient (Wildman–Crippen LogP) is 2.41. The van der Waals surface area contributed by atoms with Crippen molar-refractivity contribution < 1.29 is 4.79 Å². The molecule has 3 N–H and O–H groups in total. The molecular formula is C11H11BrN2O. The van der Waals surface area contributed by atoms with E-state index in [1.54, 1.807) is 0 Å². The van der Waals surface area contributed by atoms with Gasteiger partial charge in [-0.1, -0.05) is 6.42 Å². The van der Waals surface area contributed by atoms with Gasteiger partial charge >= 0.3 is 0 Å². The van der Waals surface area contributed by atoms with E-state index in [9.17, 15) is 4.79 Å². The summed E-state index contributed by atoms with van der Waals surface area (Å²) in [7, 11) is 0. The third kappa shape index (κ3) is 1.03. The van der Waals surface area contributed by atoms with Crippen LogP contribution in [0.3, 0.4) is 0 Å². The molecule has 3 rings (SSSR count). The molecule has 0 atom stereocenters. The van der Waals surface area contributed by atoms with E-state index in [1.807, 2.05) is 12.1 Å². The van der Waals surface area contributed by atoms with Gasteiger partial charge in [0.2, 0.25) is 5.91 Å². The van der Waals surface area contributed by atoms with Crippen molar-refractivity contribution in [2.24, 2.45) is 0 Å². The lowest BCUT2D eigenvalue weighted by Crippen LogP contribution is -2.40. The Hall–Kier alpha value is -1.03. The van der Waals surface area contributed by atoms with Crippen LogP contribution in [0.25, 0.3) is 0 Å². The van der Waals surface area contributed by atoms with Crippen LogP contribution in [0.1, 0.15) is 24.8 Å². The molecule has 4 heteroatoms. The average Bonchev–Trinajstić information content (AvgIpc) is 2.37. The summed E-state index contributed by atoms with van der Waals surface area (Å²) in [5.74, 6) is 0.134. The summed E-state index contributed by atoms with van der Waals surface area (Å²) in [5, 5.41) is 2.94. The van der Waals surface area contributed by atoms with Gasteiger partial charge in [-0.25, -0.2) is 0 Å². The van der Waals surface area contributed by atoms with Crippen molar-refractivity contribution in [2.75, 3.05) is 11.1 Å². The van der Waals surface area contributed by atoms with Crippen LogP contribution in [0.15, 0.2) is 16.6 Å². The minimum atomic E-state index is -0.271. The SMILES string of the molecule is Nc1cc(Br)c2c(c1)C1(CCC1)C(=O)N2. The lowest BCUT2D eigenvalue weighted by molar-refractivity contribution is -0.123. The number of rotatable bonds is 0. The molecule has 0 bridgehead atoms. The summed E-state index contributed by atoms with van der Waals surface area (Å²) in [6.07, 6.45) is 3.02. The summed E-state index contributed by atoms with van der Waals surface area (Å²) in [6, 6.07) is 3.76. The molecule has 1 heterocycles. The summed E-state index contributed by atoms with van der Waals surface area (Å²) >= 11 is 3.44. The van der Waals surface area contributed by atoms with E-state index in [0.29, 0.717) is 5.69 Å². The third-order valence-corrected chi connectivity index (χ3v) is 4.13. The first kappa shape index (κ1) is 9.21. The minimum Gasteiger partial charge on any atom is -0.399 e. The molecule has 0 radical (unpaired) electrons. The van der Waals surface area contributed by atoms with E-state index in [1.165, 1.54) is 0 Å². The number of amides is 1. The average molecular weight is 267 g/mol. The van der Waals surface area contributed by atoms with E-state index in [2.05, 4.69) is 21.2 Å². The molecule has 0 unspecified atom stereocenters. The van der Waals surface area contributed by atoms with Gasteiger partial charge in [0.25, 0.3) is 0 Å². The van der Waals surface area contributed by atoms with Crippen LogP contribution >= 0.6 is 15.9 Å². The molecule has 1 aliphatic carbocycles. The number of carbonyl (C=O) groups is 1. The number of anilines is 2. The number of carbonyl (C=O) groups excluding carboxylic acids is 1. The van der Waals surface area contributed by atoms with Crippen molar-refractivity contribution in [3.05, 3.63) is 22.2 Å². The van der Waals surface area contributed by atoms with Crippen molar-refractivity contribution in [3.63, 3.8) is 0 Å². The van der Waals surface area contributed by atoms with Crippen molar-refractivity contribution >= 4 is 33.2 Å². The first-order chi connectivity index (χ1) is 7.13. The Morgan fingerprint density at radius 2 is 2.13 bits per heavy atom. The van der Waals surface area contributed by atoms with E-state index < -0.39 is 0 Å². The number of nitrogens with one attached hydrogen (secondary N) is 1. The Balaban J connectivity index is 2.24. The van der Waals surface area contributed by atoms with Gasteiger partial charge < -0.3 is 11.1 Å². The summed E-state index contributed by atoms with van der Waals surface area (Å²) in [4.78, 5) is 11.9. The van der Waals surface area contributed by atoms with Gasteiger partial charge in [-0.3, -0.25) is 4.79 Å². The van der Waals surface area contributed by atoms with Crippen molar-refractivity contribution in [1.29, 1.82) is 0 Å². The number of hydrogen-bond acceptors (Lipinski definition) is 2. The van der Waals surface area contributed by atoms with Crippen molar-refractivity contribution in [2.45, 2.75) is 24.7 Å². The fourth-order valence-corrected chi connectivity index (χ4v) is 3.09. The van der Waals surface area contributed by atoms with Crippen LogP contribution in [-0.4, -0.2) is 5.91 Å². The number of hydrogen-bond donors (Lipinski definition) is 2. The zero-order valence-electron chi connectivity index (χ0n) is 8.14. The second kappa shape index (κ2) is 2.76. The maximum atomic E-state index is 11.9. The number of fused-ring (bicyclic) bond motifs is 2. The van der Waals surface area contributed by atoms with Gasteiger partial charge in [0.15, 0.2) is 0 Å². The maximum absolute atomic E-state index is 11.9. The Morgan fingerprint density at radius 3 is 2.73 bits per heavy atom. The Kier molecular flexibility index (Phi) is 1.69. The quantitative estimate of drug-likeness (QED) is 0.709. The fourth-order valence-electron chi connectivity index (χ4n) is 2.51. The molecule has 1 amide bonds. The summed E-state index contributed by atoms with van der Waals surface area (Å²) in [5.41, 5.74) is 8.23. The van der Waals surface area contributed by atoms with Gasteiger partial charge in [0, 0.05) is 10.2 Å². The molecule has 1 aromatic rings. The Morgan fingerprint density at radius 1 is 1.40 bits per heavy atom. The number of nitrogens with two attached hydrogens (primary N) is 1. The van der Waals surface area contributed by atoms with Gasteiger partial charge in [-0.2, -0.15) is 0 Å². The van der Waals surface area contributed by atoms with E-state index in [4.69, 9.17) is 5.73 Å². The Labute approximate surface area is 96.2 Å². The first-order valence-electron chi connectivity index (χ1n) is 5.04. The molecule has 2 aliphatic rings. The molecule has 0 aromatic heterocycles. The summed E-state index contributed by atoms with van der Waals surface area (Å²) < 4.78 is 0.884. The fraction of sp³-hybridized carbons (Fsp3) is 0.364. The van der Waals surface area contributed by atoms with Crippen LogP contribution in [0, 0.1) is 0 Å². The highest BCUT2D eigenvalue weighted by molar-refractivity contribution is 9.10. The van der Waals surface area contributed by atoms with E-state index >= 15 is 0 Å². The molecule has 78 valence electrons. The lowest BCUT2D eigenvalue weighted by atomic mass is 9.65. The maximum Gasteiger partial charge on any atom is 0.235 e. The molecule has 1 fully saturated rings. The second-order valence-electron chi connectivity index (χ2n) is 4.32. The van der Waals surface area contributed by atoms with Crippen LogP contribution < -0.4 is 11.1 Å². The van der Waals surface area contributed by atoms with Gasteiger partial charge in [0.05, 0.1) is 11.1 Å². The van der Waals surface area contributed by atoms with Gasteiger partial charge in [-0.05, 0) is 46.5 Å². The standard InChI is InChI=1S/C11H11BrN2O/c12-8-5-6(13)4-7-9(8)14-10(15)11(7)2-1-3-11/h4-5H,1-3,13H2,(H,14,15). The number of nitrogen functional groups attached to an aromatic ring is 1. The van der Waals surface area contributed by atoms with Crippen LogP contribution in [0.4, 0.5) is 11.4 Å². The van der Waals surface area contributed by atoms with Crippen molar-refractivity contribution in [3.8, 4) is 0 Å². The highest BCUT2D eigenvalue weighted by Crippen LogP contribution is 2.53. The molecule has 15 heavy (non-hydrogen) atoms. The molecule has 3 nitrogen and oxygen atoms in total. The smallest absolute Gasteiger partial charge is 0.235 e. The first-order valence-corrected chi connectivity index (χ1v) is 5.84. The van der Waals surface area contributed by atoms with E-state index in [-0.39, 0.29) is 11.3 Å². The molecule has 1 aliphatic heterocycles. The number of halogens is 1. The van der Waals surface area contributed by atoms with Gasteiger partial charge in [0.1, 0.15) is 0 Å².